The van der Waals surface area contributed by atoms with E-state index in [1.165, 1.54) is 12.3 Å². The molecule has 144 valence electrons. The number of hydrogen-bond acceptors (Lipinski definition) is 5. The molecule has 4 heterocycles. The molecule has 1 aromatic carbocycles. The SMILES string of the molecule is O=c1cc(C2CCNCC2)n2nc3cccc(NC4C=CC(F)=CN4)c3c2[nH]1. The Bertz CT molecular complexity index is 1150. The molecule has 1 fully saturated rings. The van der Waals surface area contributed by atoms with Crippen molar-refractivity contribution in [3.05, 3.63) is 64.5 Å². The van der Waals surface area contributed by atoms with Gasteiger partial charge in [-0.1, -0.05) is 6.07 Å². The van der Waals surface area contributed by atoms with Crippen LogP contribution in [0.3, 0.4) is 0 Å². The van der Waals surface area contributed by atoms with E-state index >= 15 is 0 Å². The zero-order chi connectivity index (χ0) is 19.1. The number of dihydropyridines is 1. The Kier molecular flexibility index (Phi) is 4.12. The molecule has 1 atom stereocenters. The van der Waals surface area contributed by atoms with E-state index in [1.807, 2.05) is 22.7 Å². The van der Waals surface area contributed by atoms with E-state index in [1.54, 1.807) is 12.1 Å². The van der Waals surface area contributed by atoms with Crippen molar-refractivity contribution < 1.29 is 4.39 Å². The maximum atomic E-state index is 13.2. The lowest BCUT2D eigenvalue weighted by Gasteiger charge is -2.23. The molecule has 2 aliphatic heterocycles. The zero-order valence-corrected chi connectivity index (χ0v) is 15.2. The van der Waals surface area contributed by atoms with E-state index < -0.39 is 0 Å². The lowest BCUT2D eigenvalue weighted by Crippen LogP contribution is -2.32. The fraction of sp³-hybridized carbons (Fsp3) is 0.300. The number of H-pyrrole nitrogens is 1. The average molecular weight is 380 g/mol. The highest BCUT2D eigenvalue weighted by atomic mass is 19.1. The van der Waals surface area contributed by atoms with Gasteiger partial charge in [-0.25, -0.2) is 8.91 Å². The summed E-state index contributed by atoms with van der Waals surface area (Å²) < 4.78 is 15.1. The number of hydrogen-bond donors (Lipinski definition) is 4. The molecule has 8 heteroatoms. The Labute approximate surface area is 160 Å². The van der Waals surface area contributed by atoms with E-state index in [0.29, 0.717) is 11.6 Å². The van der Waals surface area contributed by atoms with Gasteiger partial charge < -0.3 is 20.9 Å². The third kappa shape index (κ3) is 2.95. The number of rotatable bonds is 3. The van der Waals surface area contributed by atoms with Crippen LogP contribution in [0, 0.1) is 0 Å². The lowest BCUT2D eigenvalue weighted by atomic mass is 9.94. The van der Waals surface area contributed by atoms with Crippen molar-refractivity contribution in [2.24, 2.45) is 0 Å². The second kappa shape index (κ2) is 6.79. The van der Waals surface area contributed by atoms with Gasteiger partial charge in [0.1, 0.15) is 17.6 Å². The lowest BCUT2D eigenvalue weighted by molar-refractivity contribution is 0.446. The highest BCUT2D eigenvalue weighted by Gasteiger charge is 2.22. The van der Waals surface area contributed by atoms with Crippen LogP contribution >= 0.6 is 0 Å². The second-order valence-electron chi connectivity index (χ2n) is 7.22. The molecule has 0 spiro atoms. The van der Waals surface area contributed by atoms with Crippen molar-refractivity contribution in [2.45, 2.75) is 24.9 Å². The molecule has 1 saturated heterocycles. The van der Waals surface area contributed by atoms with Crippen molar-refractivity contribution in [3.8, 4) is 0 Å². The number of benzene rings is 1. The van der Waals surface area contributed by atoms with E-state index in [4.69, 9.17) is 5.10 Å². The molecule has 1 unspecified atom stereocenters. The number of nitrogens with one attached hydrogen (secondary N) is 4. The Hall–Kier alpha value is -3.13. The standard InChI is InChI=1S/C20H21FN6O/c21-13-4-5-17(23-11-13)24-14-2-1-3-15-19(14)20-25-18(28)10-16(27(20)26-15)12-6-8-22-9-7-12/h1-5,10-12,17,22-24H,6-9H2,(H,25,28). The molecule has 0 saturated carbocycles. The topological polar surface area (TPSA) is 86.2 Å². The van der Waals surface area contributed by atoms with Crippen LogP contribution in [0.4, 0.5) is 10.1 Å². The summed E-state index contributed by atoms with van der Waals surface area (Å²) in [4.78, 5) is 15.4. The third-order valence-electron chi connectivity index (χ3n) is 5.38. The molecule has 4 N–H and O–H groups in total. The quantitative estimate of drug-likeness (QED) is 0.560. The number of aromatic amines is 1. The molecular formula is C20H21FN6O. The van der Waals surface area contributed by atoms with Crippen LogP contribution in [0.1, 0.15) is 24.5 Å². The zero-order valence-electron chi connectivity index (χ0n) is 15.2. The molecule has 5 rings (SSSR count). The van der Waals surface area contributed by atoms with Gasteiger partial charge in [-0.05, 0) is 50.2 Å². The summed E-state index contributed by atoms with van der Waals surface area (Å²) >= 11 is 0. The van der Waals surface area contributed by atoms with E-state index in [-0.39, 0.29) is 17.6 Å². The molecule has 7 nitrogen and oxygen atoms in total. The highest BCUT2D eigenvalue weighted by Crippen LogP contribution is 2.30. The van der Waals surface area contributed by atoms with Crippen molar-refractivity contribution in [1.29, 1.82) is 0 Å². The number of anilines is 1. The first kappa shape index (κ1) is 17.0. The minimum Gasteiger partial charge on any atom is -0.366 e. The molecular weight excluding hydrogens is 359 g/mol. The van der Waals surface area contributed by atoms with E-state index in [9.17, 15) is 9.18 Å². The number of piperidine rings is 1. The number of aromatic nitrogens is 3. The van der Waals surface area contributed by atoms with Gasteiger partial charge in [0.15, 0.2) is 0 Å². The summed E-state index contributed by atoms with van der Waals surface area (Å²) in [5.74, 6) is -0.0176. The van der Waals surface area contributed by atoms with Gasteiger partial charge in [-0.15, -0.1) is 0 Å². The van der Waals surface area contributed by atoms with Gasteiger partial charge in [0, 0.05) is 23.9 Å². The summed E-state index contributed by atoms with van der Waals surface area (Å²) in [5.41, 5.74) is 3.12. The molecule has 3 aromatic rings. The highest BCUT2D eigenvalue weighted by molar-refractivity contribution is 6.02. The minimum atomic E-state index is -0.316. The van der Waals surface area contributed by atoms with Crippen molar-refractivity contribution in [2.75, 3.05) is 18.4 Å². The van der Waals surface area contributed by atoms with Crippen LogP contribution < -0.4 is 21.5 Å². The van der Waals surface area contributed by atoms with Crippen LogP contribution in [0.2, 0.25) is 0 Å². The van der Waals surface area contributed by atoms with Crippen LogP contribution in [-0.4, -0.2) is 33.9 Å². The summed E-state index contributed by atoms with van der Waals surface area (Å²) in [6.45, 7) is 1.88. The van der Waals surface area contributed by atoms with Crippen molar-refractivity contribution in [3.63, 3.8) is 0 Å². The van der Waals surface area contributed by atoms with Crippen LogP contribution in [-0.2, 0) is 0 Å². The number of fused-ring (bicyclic) bond motifs is 3. The maximum Gasteiger partial charge on any atom is 0.251 e. The van der Waals surface area contributed by atoms with E-state index in [0.717, 1.165) is 48.2 Å². The van der Waals surface area contributed by atoms with Gasteiger partial charge >= 0.3 is 0 Å². The van der Waals surface area contributed by atoms with Gasteiger partial charge in [0.2, 0.25) is 0 Å². The van der Waals surface area contributed by atoms with Crippen LogP contribution in [0.5, 0.6) is 0 Å². The normalized spacial score (nSPS) is 20.3. The van der Waals surface area contributed by atoms with Crippen molar-refractivity contribution >= 4 is 22.2 Å². The Morgan fingerprint density at radius 2 is 2.11 bits per heavy atom. The predicted octanol–water partition coefficient (Wildman–Crippen LogP) is 2.35. The van der Waals surface area contributed by atoms with Gasteiger partial charge in [0.05, 0.1) is 16.6 Å². The molecule has 28 heavy (non-hydrogen) atoms. The summed E-state index contributed by atoms with van der Waals surface area (Å²) in [6.07, 6.45) is 6.16. The van der Waals surface area contributed by atoms with Gasteiger partial charge in [-0.2, -0.15) is 5.10 Å². The smallest absolute Gasteiger partial charge is 0.251 e. The Morgan fingerprint density at radius 1 is 1.25 bits per heavy atom. The minimum absolute atomic E-state index is 0.127. The fourth-order valence-corrected chi connectivity index (χ4v) is 4.03. The van der Waals surface area contributed by atoms with E-state index in [2.05, 4.69) is 20.9 Å². The largest absolute Gasteiger partial charge is 0.366 e. The maximum absolute atomic E-state index is 13.2. The summed E-state index contributed by atoms with van der Waals surface area (Å²) in [5, 5.41) is 15.3. The summed E-state index contributed by atoms with van der Waals surface area (Å²) in [6, 6.07) is 7.45. The molecule has 2 aliphatic rings. The van der Waals surface area contributed by atoms with Gasteiger partial charge in [0.25, 0.3) is 5.56 Å². The fourth-order valence-electron chi connectivity index (χ4n) is 4.03. The molecule has 0 bridgehead atoms. The van der Waals surface area contributed by atoms with Crippen LogP contribution in [0.15, 0.2) is 53.2 Å². The Morgan fingerprint density at radius 3 is 2.89 bits per heavy atom. The first-order chi connectivity index (χ1) is 13.7. The number of nitrogens with zero attached hydrogens (tertiary/aromatic N) is 2. The second-order valence-corrected chi connectivity index (χ2v) is 7.22. The third-order valence-corrected chi connectivity index (χ3v) is 5.38. The van der Waals surface area contributed by atoms with Gasteiger partial charge in [-0.3, -0.25) is 4.79 Å². The molecule has 0 radical (unpaired) electrons. The van der Waals surface area contributed by atoms with Crippen molar-refractivity contribution in [1.82, 2.24) is 25.2 Å². The molecule has 0 amide bonds. The predicted molar refractivity (Wildman–Crippen MR) is 107 cm³/mol. The monoisotopic (exact) mass is 380 g/mol. The van der Waals surface area contributed by atoms with Crippen LogP contribution in [0.25, 0.3) is 16.6 Å². The Balaban J connectivity index is 1.63. The first-order valence-electron chi connectivity index (χ1n) is 9.51. The number of allylic oxidation sites excluding steroid dienone is 2. The molecule has 2 aromatic heterocycles. The average Bonchev–Trinajstić information content (AvgIpc) is 3.09. The first-order valence-corrected chi connectivity index (χ1v) is 9.51. The number of halogens is 1. The molecule has 0 aliphatic carbocycles. The summed E-state index contributed by atoms with van der Waals surface area (Å²) in [7, 11) is 0.